The summed E-state index contributed by atoms with van der Waals surface area (Å²) in [5, 5.41) is 1.97. The third-order valence-corrected chi connectivity index (χ3v) is 7.36. The molecule has 0 spiro atoms. The molecule has 5 rings (SSSR count). The Labute approximate surface area is 211 Å². The number of halogens is 2. The molecule has 33 heavy (non-hydrogen) atoms. The lowest BCUT2D eigenvalue weighted by Crippen LogP contribution is -2.27. The minimum Gasteiger partial charge on any atom is -0.342 e. The molecule has 0 unspecified atom stereocenters. The number of aromatic nitrogens is 1. The van der Waals surface area contributed by atoms with Gasteiger partial charge in [-0.2, -0.15) is 0 Å². The van der Waals surface area contributed by atoms with Crippen molar-refractivity contribution in [1.82, 2.24) is 4.57 Å². The van der Waals surface area contributed by atoms with Gasteiger partial charge in [0.2, 0.25) is 0 Å². The summed E-state index contributed by atoms with van der Waals surface area (Å²) in [7, 11) is 0. The van der Waals surface area contributed by atoms with Crippen LogP contribution in [0.4, 0.5) is 5.69 Å². The van der Waals surface area contributed by atoms with Gasteiger partial charge >= 0.3 is 0 Å². The second kappa shape index (κ2) is 8.99. The predicted octanol–water partition coefficient (Wildman–Crippen LogP) is 7.71. The van der Waals surface area contributed by atoms with E-state index in [0.29, 0.717) is 25.0 Å². The first kappa shape index (κ1) is 22.2. The summed E-state index contributed by atoms with van der Waals surface area (Å²) in [4.78, 5) is 15.3. The first-order valence-corrected chi connectivity index (χ1v) is 12.3. The van der Waals surface area contributed by atoms with Crippen LogP contribution in [0.25, 0.3) is 17.0 Å². The molecule has 1 aliphatic heterocycles. The summed E-state index contributed by atoms with van der Waals surface area (Å²) in [6, 6.07) is 21.8. The van der Waals surface area contributed by atoms with Crippen LogP contribution < -0.4 is 4.90 Å². The van der Waals surface area contributed by atoms with Crippen LogP contribution in [-0.4, -0.2) is 14.8 Å². The Hall–Kier alpha value is -2.57. The molecule has 0 saturated carbocycles. The van der Waals surface area contributed by atoms with Gasteiger partial charge in [-0.15, -0.1) is 0 Å². The maximum absolute atomic E-state index is 13.3. The maximum Gasteiger partial charge on any atom is 0.270 e. The second-order valence-corrected chi connectivity index (χ2v) is 10.3. The van der Waals surface area contributed by atoms with E-state index in [-0.39, 0.29) is 5.91 Å². The number of nitrogens with zero attached hydrogens (tertiary/aromatic N) is 2. The van der Waals surface area contributed by atoms with E-state index in [9.17, 15) is 4.79 Å². The van der Waals surface area contributed by atoms with Crippen molar-refractivity contribution >= 4 is 80.1 Å². The molecule has 1 aromatic heterocycles. The lowest BCUT2D eigenvalue weighted by atomic mass is 10.1. The van der Waals surface area contributed by atoms with Crippen LogP contribution in [0.2, 0.25) is 10.0 Å². The number of amides is 1. The highest BCUT2D eigenvalue weighted by Crippen LogP contribution is 2.40. The topological polar surface area (TPSA) is 25.2 Å². The fraction of sp³-hybridized carbons (Fsp3) is 0.0769. The SMILES string of the molecule is Cc1ccc(Cn2cc(/C=C3/SC(=S)N(c4ccc(Cl)cc4Cl)C3=O)c3ccccc32)cc1. The van der Waals surface area contributed by atoms with Crippen molar-refractivity contribution in [3.63, 3.8) is 0 Å². The lowest BCUT2D eigenvalue weighted by molar-refractivity contribution is -0.113. The first-order valence-electron chi connectivity index (χ1n) is 10.3. The quantitative estimate of drug-likeness (QED) is 0.208. The zero-order chi connectivity index (χ0) is 23.1. The Morgan fingerprint density at radius 1 is 1.03 bits per heavy atom. The number of fused-ring (bicyclic) bond motifs is 1. The van der Waals surface area contributed by atoms with E-state index in [0.717, 1.165) is 23.0 Å². The Balaban J connectivity index is 1.52. The van der Waals surface area contributed by atoms with Crippen molar-refractivity contribution in [3.05, 3.63) is 105 Å². The number of thiocarbonyl (C=S) groups is 1. The van der Waals surface area contributed by atoms with Gasteiger partial charge in [0, 0.05) is 34.2 Å². The summed E-state index contributed by atoms with van der Waals surface area (Å²) >= 11 is 19.2. The summed E-state index contributed by atoms with van der Waals surface area (Å²) in [6.07, 6.45) is 4.00. The average Bonchev–Trinajstić information content (AvgIpc) is 3.27. The highest BCUT2D eigenvalue weighted by molar-refractivity contribution is 8.27. The summed E-state index contributed by atoms with van der Waals surface area (Å²) in [5.74, 6) is -0.190. The number of thioether (sulfide) groups is 1. The van der Waals surface area contributed by atoms with Gasteiger partial charge in [-0.05, 0) is 42.8 Å². The van der Waals surface area contributed by atoms with Crippen molar-refractivity contribution in [2.45, 2.75) is 13.5 Å². The molecule has 4 aromatic rings. The normalized spacial score (nSPS) is 15.2. The minimum absolute atomic E-state index is 0.190. The van der Waals surface area contributed by atoms with Gasteiger partial charge < -0.3 is 4.57 Å². The molecular weight excluding hydrogens is 491 g/mol. The Morgan fingerprint density at radius 2 is 1.79 bits per heavy atom. The van der Waals surface area contributed by atoms with Gasteiger partial charge in [0.25, 0.3) is 5.91 Å². The fourth-order valence-corrected chi connectivity index (χ4v) is 5.66. The summed E-state index contributed by atoms with van der Waals surface area (Å²) in [6.45, 7) is 2.83. The van der Waals surface area contributed by atoms with Gasteiger partial charge in [0.05, 0.1) is 15.6 Å². The Kier molecular flexibility index (Phi) is 6.06. The zero-order valence-electron chi connectivity index (χ0n) is 17.6. The summed E-state index contributed by atoms with van der Waals surface area (Å²) in [5.41, 5.74) is 5.07. The van der Waals surface area contributed by atoms with Crippen molar-refractivity contribution in [3.8, 4) is 0 Å². The zero-order valence-corrected chi connectivity index (χ0v) is 20.7. The van der Waals surface area contributed by atoms with E-state index in [1.54, 1.807) is 18.2 Å². The number of hydrogen-bond acceptors (Lipinski definition) is 3. The summed E-state index contributed by atoms with van der Waals surface area (Å²) < 4.78 is 2.65. The van der Waals surface area contributed by atoms with Crippen molar-refractivity contribution < 1.29 is 4.79 Å². The van der Waals surface area contributed by atoms with E-state index in [4.69, 9.17) is 35.4 Å². The Morgan fingerprint density at radius 3 is 2.55 bits per heavy atom. The van der Waals surface area contributed by atoms with Crippen LogP contribution in [0.15, 0.2) is 77.8 Å². The smallest absolute Gasteiger partial charge is 0.270 e. The van der Waals surface area contributed by atoms with Gasteiger partial charge in [-0.3, -0.25) is 9.69 Å². The number of hydrogen-bond donors (Lipinski definition) is 0. The maximum atomic E-state index is 13.3. The first-order chi connectivity index (χ1) is 15.9. The average molecular weight is 509 g/mol. The third kappa shape index (κ3) is 4.34. The van der Waals surface area contributed by atoms with Crippen LogP contribution in [0, 0.1) is 6.92 Å². The standard InChI is InChI=1S/C26H18Cl2N2OS2/c1-16-6-8-17(9-7-16)14-29-15-18(20-4-2-3-5-22(20)29)12-24-25(31)30(26(32)33-24)23-11-10-19(27)13-21(23)28/h2-13,15H,14H2,1H3/b24-12+. The van der Waals surface area contributed by atoms with Gasteiger partial charge in [-0.25, -0.2) is 0 Å². The van der Waals surface area contributed by atoms with E-state index in [2.05, 4.69) is 54.1 Å². The number of carbonyl (C=O) groups excluding carboxylic acids is 1. The van der Waals surface area contributed by atoms with E-state index in [1.807, 2.05) is 18.2 Å². The molecule has 0 atom stereocenters. The minimum atomic E-state index is -0.190. The molecule has 7 heteroatoms. The predicted molar refractivity (Wildman–Crippen MR) is 144 cm³/mol. The number of carbonyl (C=O) groups is 1. The lowest BCUT2D eigenvalue weighted by Gasteiger charge is -2.16. The molecule has 0 bridgehead atoms. The molecule has 0 N–H and O–H groups in total. The van der Waals surface area contributed by atoms with Gasteiger partial charge in [0.1, 0.15) is 0 Å². The highest BCUT2D eigenvalue weighted by atomic mass is 35.5. The monoisotopic (exact) mass is 508 g/mol. The second-order valence-electron chi connectivity index (χ2n) is 7.83. The molecule has 0 radical (unpaired) electrons. The van der Waals surface area contributed by atoms with Crippen LogP contribution in [0.3, 0.4) is 0 Å². The Bertz CT molecular complexity index is 1440. The van der Waals surface area contributed by atoms with E-state index >= 15 is 0 Å². The molecule has 1 amide bonds. The third-order valence-electron chi connectivity index (χ3n) is 5.52. The number of rotatable bonds is 4. The molecule has 164 valence electrons. The van der Waals surface area contributed by atoms with Crippen LogP contribution in [0.1, 0.15) is 16.7 Å². The largest absolute Gasteiger partial charge is 0.342 e. The number of para-hydroxylation sites is 1. The molecule has 3 aromatic carbocycles. The number of aryl methyl sites for hydroxylation is 1. The van der Waals surface area contributed by atoms with Crippen molar-refractivity contribution in [2.75, 3.05) is 4.90 Å². The van der Waals surface area contributed by atoms with Gasteiger partial charge in [-0.1, -0.05) is 95.2 Å². The molecule has 0 aliphatic carbocycles. The highest BCUT2D eigenvalue weighted by Gasteiger charge is 2.34. The van der Waals surface area contributed by atoms with Crippen LogP contribution in [-0.2, 0) is 11.3 Å². The molecule has 2 heterocycles. The van der Waals surface area contributed by atoms with Crippen molar-refractivity contribution in [2.24, 2.45) is 0 Å². The molecular formula is C26H18Cl2N2OS2. The van der Waals surface area contributed by atoms with Crippen LogP contribution in [0.5, 0.6) is 0 Å². The van der Waals surface area contributed by atoms with E-state index in [1.165, 1.54) is 27.8 Å². The number of anilines is 1. The molecule has 1 aliphatic rings. The fourth-order valence-electron chi connectivity index (χ4n) is 3.89. The van der Waals surface area contributed by atoms with E-state index < -0.39 is 0 Å². The number of benzene rings is 3. The van der Waals surface area contributed by atoms with Gasteiger partial charge in [0.15, 0.2) is 4.32 Å². The van der Waals surface area contributed by atoms with Crippen molar-refractivity contribution in [1.29, 1.82) is 0 Å². The molecule has 3 nitrogen and oxygen atoms in total. The van der Waals surface area contributed by atoms with Crippen LogP contribution >= 0.6 is 47.2 Å². The molecule has 1 fully saturated rings. The molecule has 1 saturated heterocycles.